The number of ether oxygens (including phenoxy) is 4. The smallest absolute Gasteiger partial charge is 0.344 e. The number of aliphatic hydroxyl groups excluding tert-OH is 1. The van der Waals surface area contributed by atoms with Crippen LogP contribution in [0.15, 0.2) is 48.6 Å². The molecule has 1 aromatic rings. The van der Waals surface area contributed by atoms with Crippen molar-refractivity contribution in [2.45, 2.75) is 108 Å². The predicted octanol–water partition coefficient (Wildman–Crippen LogP) is 3.02. The fourth-order valence-corrected chi connectivity index (χ4v) is 6.63. The third-order valence-electron chi connectivity index (χ3n) is 9.33. The highest BCUT2D eigenvalue weighted by Crippen LogP contribution is 2.56. The zero-order chi connectivity index (χ0) is 37.8. The Morgan fingerprint density at radius 1 is 1.10 bits per heavy atom. The number of halogens is 1. The molecule has 0 radical (unpaired) electrons. The minimum absolute atomic E-state index is 0.142. The monoisotopic (exact) mass is 708 g/mol. The minimum Gasteiger partial charge on any atom is -0.479 e. The van der Waals surface area contributed by atoms with E-state index < -0.39 is 89.4 Å². The van der Waals surface area contributed by atoms with Crippen LogP contribution in [0.3, 0.4) is 0 Å². The minimum atomic E-state index is -3.93. The molecule has 15 heteroatoms. The number of rotatable bonds is 17. The number of esters is 2. The molecule has 0 spiro atoms. The fraction of sp³-hybridized carbons (Fsp3) is 0.571. The first-order chi connectivity index (χ1) is 23.2. The molecule has 50 heavy (non-hydrogen) atoms. The van der Waals surface area contributed by atoms with Crippen LogP contribution in [0.5, 0.6) is 0 Å². The average Bonchev–Trinajstić information content (AvgIpc) is 3.24. The van der Waals surface area contributed by atoms with E-state index in [1.807, 2.05) is 20.8 Å². The van der Waals surface area contributed by atoms with Gasteiger partial charge in [0.1, 0.15) is 18.0 Å². The van der Waals surface area contributed by atoms with Crippen molar-refractivity contribution in [2.75, 3.05) is 0 Å². The Balaban J connectivity index is 2.02. The van der Waals surface area contributed by atoms with Gasteiger partial charge in [-0.3, -0.25) is 4.79 Å². The van der Waals surface area contributed by atoms with Crippen LogP contribution in [0, 0.1) is 23.6 Å². The number of hydrogen-bond donors (Lipinski definition) is 5. The summed E-state index contributed by atoms with van der Waals surface area (Å²) in [6.45, 7) is 12.6. The number of carboxylic acid groups (broad SMARTS) is 3. The molecule has 276 valence electrons. The number of carboxylic acids is 3. The topological polar surface area (TPSA) is 223 Å². The first-order valence-corrected chi connectivity index (χ1v) is 16.2. The third-order valence-corrected chi connectivity index (χ3v) is 9.33. The van der Waals surface area contributed by atoms with Gasteiger partial charge >= 0.3 is 29.8 Å². The van der Waals surface area contributed by atoms with Crippen molar-refractivity contribution in [1.29, 1.82) is 0 Å². The summed E-state index contributed by atoms with van der Waals surface area (Å²) < 4.78 is 35.7. The maximum atomic E-state index is 13.8. The Morgan fingerprint density at radius 3 is 2.30 bits per heavy atom. The summed E-state index contributed by atoms with van der Waals surface area (Å²) in [7, 11) is 0. The van der Waals surface area contributed by atoms with Crippen LogP contribution in [-0.4, -0.2) is 96.8 Å². The molecule has 2 saturated heterocycles. The predicted molar refractivity (Wildman–Crippen MR) is 171 cm³/mol. The van der Waals surface area contributed by atoms with Gasteiger partial charge in [-0.1, -0.05) is 58.9 Å². The Hall–Kier alpha value is -4.18. The fourth-order valence-electron chi connectivity index (χ4n) is 6.63. The molecule has 2 fully saturated rings. The highest BCUT2D eigenvalue weighted by atomic mass is 19.1. The van der Waals surface area contributed by atoms with E-state index in [0.717, 1.165) is 19.4 Å². The van der Waals surface area contributed by atoms with E-state index in [4.69, 9.17) is 18.9 Å². The van der Waals surface area contributed by atoms with Gasteiger partial charge < -0.3 is 44.5 Å². The van der Waals surface area contributed by atoms with Gasteiger partial charge in [-0.15, -0.1) is 0 Å². The van der Waals surface area contributed by atoms with Gasteiger partial charge in [0.25, 0.3) is 0 Å². The zero-order valence-electron chi connectivity index (χ0n) is 28.5. The molecule has 14 nitrogen and oxygen atoms in total. The van der Waals surface area contributed by atoms with Gasteiger partial charge in [0, 0.05) is 25.3 Å². The number of fused-ring (bicyclic) bond motifs is 2. The van der Waals surface area contributed by atoms with Gasteiger partial charge in [0.05, 0.1) is 0 Å². The number of aliphatic hydroxyl groups is 2. The SMILES string of the molecule is C=C(CC[C@]12O[C@H](C(=O)O)[C@@](O)(C(=O)O)[C@](C(=O)O)(O1)[C@H](OC(=O)/C=C/[C@@H](C)C[C@@H](C)CC)[C@H]2O)[C@@H](OC(C)=O)[C@H](C)Cc1cccc(F)c1. The maximum absolute atomic E-state index is 13.8. The van der Waals surface area contributed by atoms with Crippen LogP contribution < -0.4 is 0 Å². The zero-order valence-corrected chi connectivity index (χ0v) is 28.5. The molecule has 2 aliphatic heterocycles. The van der Waals surface area contributed by atoms with Gasteiger partial charge in [0.15, 0.2) is 6.10 Å². The lowest BCUT2D eigenvalue weighted by Crippen LogP contribution is -2.78. The van der Waals surface area contributed by atoms with Gasteiger partial charge in [-0.05, 0) is 54.4 Å². The highest BCUT2D eigenvalue weighted by molar-refractivity contribution is 5.98. The molecular weight excluding hydrogens is 663 g/mol. The molecule has 0 saturated carbocycles. The summed E-state index contributed by atoms with van der Waals surface area (Å²) in [6.07, 6.45) is -5.52. The van der Waals surface area contributed by atoms with E-state index in [-0.39, 0.29) is 24.3 Å². The molecule has 10 atom stereocenters. The van der Waals surface area contributed by atoms with E-state index in [0.29, 0.717) is 17.9 Å². The summed E-state index contributed by atoms with van der Waals surface area (Å²) in [4.78, 5) is 62.9. The second-order valence-corrected chi connectivity index (χ2v) is 13.2. The van der Waals surface area contributed by atoms with E-state index in [9.17, 15) is 53.9 Å². The molecule has 2 bridgehead atoms. The molecule has 5 N–H and O–H groups in total. The second-order valence-electron chi connectivity index (χ2n) is 13.2. The van der Waals surface area contributed by atoms with Gasteiger partial charge in [0.2, 0.25) is 23.1 Å². The van der Waals surface area contributed by atoms with E-state index in [2.05, 4.69) is 6.58 Å². The first kappa shape index (κ1) is 40.3. The van der Waals surface area contributed by atoms with Crippen molar-refractivity contribution in [1.82, 2.24) is 0 Å². The van der Waals surface area contributed by atoms with Crippen LogP contribution in [-0.2, 0) is 49.3 Å². The molecule has 0 amide bonds. The van der Waals surface area contributed by atoms with Crippen molar-refractivity contribution in [3.8, 4) is 0 Å². The molecular formula is C35H45FO14. The summed E-state index contributed by atoms with van der Waals surface area (Å²) in [5.41, 5.74) is -6.79. The molecule has 0 aromatic heterocycles. The van der Waals surface area contributed by atoms with Crippen LogP contribution in [0.2, 0.25) is 0 Å². The third kappa shape index (κ3) is 7.90. The van der Waals surface area contributed by atoms with Crippen molar-refractivity contribution in [2.24, 2.45) is 17.8 Å². The van der Waals surface area contributed by atoms with Crippen molar-refractivity contribution >= 4 is 29.8 Å². The van der Waals surface area contributed by atoms with Crippen LogP contribution in [0.1, 0.15) is 65.9 Å². The Kier molecular flexibility index (Phi) is 12.7. The van der Waals surface area contributed by atoms with Crippen LogP contribution in [0.25, 0.3) is 0 Å². The Labute approximate surface area is 288 Å². The Bertz CT molecular complexity index is 1510. The first-order valence-electron chi connectivity index (χ1n) is 16.2. The van der Waals surface area contributed by atoms with Crippen molar-refractivity contribution < 1.29 is 72.8 Å². The number of hydrogen-bond acceptors (Lipinski definition) is 11. The molecule has 0 unspecified atom stereocenters. The maximum Gasteiger partial charge on any atom is 0.344 e. The van der Waals surface area contributed by atoms with E-state index in [1.54, 1.807) is 13.0 Å². The standard InChI is InChI=1S/C35H45FO14/c1-7-18(2)15-19(3)11-12-25(38)48-28-27(39)33(49-29(30(40)41)34(46,31(42)43)35(28,50-33)32(44)45)14-13-20(4)26(47-22(6)37)21(5)16-23-9-8-10-24(36)17-23/h8-12,17-19,21,26-29,39,46H,4,7,13-16H2,1-3,5-6H3,(H,40,41)(H,42,43)(H,44,45)/b12-11+/t18-,19+,21+,26+,27+,28+,29+,33-,34+,35-/m0/s1. The molecule has 1 aromatic carbocycles. The summed E-state index contributed by atoms with van der Waals surface area (Å²) in [5.74, 6) is -12.3. The van der Waals surface area contributed by atoms with Gasteiger partial charge in [-0.2, -0.15) is 0 Å². The average molecular weight is 709 g/mol. The van der Waals surface area contributed by atoms with Gasteiger partial charge in [-0.25, -0.2) is 23.6 Å². The lowest BCUT2D eigenvalue weighted by atomic mass is 9.74. The number of allylic oxidation sites excluding steroid dienone is 1. The van der Waals surface area contributed by atoms with Crippen molar-refractivity contribution in [3.05, 3.63) is 60.0 Å². The lowest BCUT2D eigenvalue weighted by molar-refractivity contribution is -0.374. The number of carbonyl (C=O) groups excluding carboxylic acids is 2. The van der Waals surface area contributed by atoms with Crippen LogP contribution >= 0.6 is 0 Å². The summed E-state index contributed by atoms with van der Waals surface area (Å²) in [5, 5.41) is 53.5. The van der Waals surface area contributed by atoms with E-state index in [1.165, 1.54) is 24.3 Å². The molecule has 2 aliphatic rings. The lowest BCUT2D eigenvalue weighted by Gasteiger charge is -2.48. The molecule has 3 rings (SSSR count). The largest absolute Gasteiger partial charge is 0.479 e. The Morgan fingerprint density at radius 2 is 1.76 bits per heavy atom. The second kappa shape index (κ2) is 15.8. The number of aliphatic carboxylic acids is 3. The molecule has 2 heterocycles. The molecule has 0 aliphatic carbocycles. The van der Waals surface area contributed by atoms with Crippen LogP contribution in [0.4, 0.5) is 4.39 Å². The number of benzene rings is 1. The van der Waals surface area contributed by atoms with Crippen molar-refractivity contribution in [3.63, 3.8) is 0 Å². The normalized spacial score (nSPS) is 29.8. The summed E-state index contributed by atoms with van der Waals surface area (Å²) in [6, 6.07) is 5.72. The van der Waals surface area contributed by atoms with E-state index >= 15 is 0 Å². The summed E-state index contributed by atoms with van der Waals surface area (Å²) >= 11 is 0. The highest BCUT2D eigenvalue weighted by Gasteiger charge is 2.85. The quantitative estimate of drug-likeness (QED) is 0.0892. The number of carbonyl (C=O) groups is 5.